The van der Waals surface area contributed by atoms with E-state index in [-0.39, 0.29) is 11.8 Å². The average molecular weight is 294 g/mol. The number of hydrogen-bond donors (Lipinski definition) is 0. The van der Waals surface area contributed by atoms with Crippen LogP contribution < -0.4 is 0 Å². The van der Waals surface area contributed by atoms with Gasteiger partial charge in [-0.05, 0) is 32.2 Å². The second-order valence-electron chi connectivity index (χ2n) is 6.01. The molecule has 0 atom stereocenters. The minimum absolute atomic E-state index is 0.216. The first-order valence-electron chi connectivity index (χ1n) is 7.84. The van der Waals surface area contributed by atoms with Crippen LogP contribution in [0.5, 0.6) is 0 Å². The van der Waals surface area contributed by atoms with Gasteiger partial charge in [-0.3, -0.25) is 9.59 Å². The number of carbonyl (C=O) groups is 2. The van der Waals surface area contributed by atoms with Crippen LogP contribution in [0, 0.1) is 0 Å². The van der Waals surface area contributed by atoms with E-state index in [4.69, 9.17) is 0 Å². The smallest absolute Gasteiger partial charge is 0.290 e. The zero-order valence-corrected chi connectivity index (χ0v) is 13.6. The third-order valence-electron chi connectivity index (χ3n) is 4.63. The molecule has 5 heteroatoms. The number of carbonyl (C=O) groups excluding carboxylic acids is 2. The lowest BCUT2D eigenvalue weighted by molar-refractivity contribution is -0.129. The van der Waals surface area contributed by atoms with Gasteiger partial charge < -0.3 is 9.13 Å². The molecule has 0 bridgehead atoms. The highest BCUT2D eigenvalue weighted by molar-refractivity contribution is 6.81. The maximum atomic E-state index is 12.4. The summed E-state index contributed by atoms with van der Waals surface area (Å²) in [6.07, 6.45) is 7.51. The Morgan fingerprint density at radius 2 is 1.35 bits per heavy atom. The summed E-state index contributed by atoms with van der Waals surface area (Å²) in [5.41, 5.74) is 1.92. The Labute approximate surface area is 123 Å². The quantitative estimate of drug-likeness (QED) is 0.751. The lowest BCUT2D eigenvalue weighted by Gasteiger charge is -2.44. The third kappa shape index (κ3) is 2.97. The Morgan fingerprint density at radius 1 is 0.900 bits per heavy atom. The second-order valence-corrected chi connectivity index (χ2v) is 9.69. The van der Waals surface area contributed by atoms with Gasteiger partial charge in [-0.1, -0.05) is 18.5 Å². The molecule has 0 unspecified atom stereocenters. The molecule has 112 valence electrons. The fraction of sp³-hybridized carbons (Fsp3) is 0.733. The minimum atomic E-state index is -2.38. The van der Waals surface area contributed by atoms with Crippen LogP contribution in [0.3, 0.4) is 0 Å². The van der Waals surface area contributed by atoms with Crippen molar-refractivity contribution < 1.29 is 9.59 Å². The predicted octanol–water partition coefficient (Wildman–Crippen LogP) is 2.59. The zero-order chi connectivity index (χ0) is 14.6. The van der Waals surface area contributed by atoms with Crippen LogP contribution in [0.25, 0.3) is 0 Å². The number of amides is 2. The van der Waals surface area contributed by atoms with E-state index in [0.29, 0.717) is 12.8 Å². The van der Waals surface area contributed by atoms with E-state index < -0.39 is 8.40 Å². The summed E-state index contributed by atoms with van der Waals surface area (Å²) in [6, 6.07) is 0. The van der Waals surface area contributed by atoms with Crippen molar-refractivity contribution in [1.82, 2.24) is 9.13 Å². The van der Waals surface area contributed by atoms with Gasteiger partial charge >= 0.3 is 0 Å². The molecule has 0 aromatic carbocycles. The molecule has 0 aliphatic carbocycles. The second kappa shape index (κ2) is 6.57. The van der Waals surface area contributed by atoms with Gasteiger partial charge in [0.2, 0.25) is 11.8 Å². The predicted molar refractivity (Wildman–Crippen MR) is 82.2 cm³/mol. The van der Waals surface area contributed by atoms with Gasteiger partial charge in [0, 0.05) is 25.9 Å². The van der Waals surface area contributed by atoms with Gasteiger partial charge in [-0.25, -0.2) is 0 Å². The summed E-state index contributed by atoms with van der Waals surface area (Å²) in [5.74, 6) is 0.433. The lowest BCUT2D eigenvalue weighted by atomic mass is 10.2. The molecule has 0 saturated carbocycles. The molecule has 2 aliphatic rings. The van der Waals surface area contributed by atoms with Crippen LogP contribution in [0.2, 0.25) is 6.55 Å². The van der Waals surface area contributed by atoms with Crippen LogP contribution in [0.1, 0.15) is 51.4 Å². The van der Waals surface area contributed by atoms with Gasteiger partial charge in [-0.15, -0.1) is 6.58 Å². The molecule has 2 aliphatic heterocycles. The number of hydrogen-bond acceptors (Lipinski definition) is 2. The molecule has 2 saturated heterocycles. The van der Waals surface area contributed by atoms with Crippen molar-refractivity contribution in [1.29, 1.82) is 0 Å². The van der Waals surface area contributed by atoms with Gasteiger partial charge in [0.15, 0.2) is 0 Å². The monoisotopic (exact) mass is 294 g/mol. The van der Waals surface area contributed by atoms with Crippen molar-refractivity contribution in [2.45, 2.75) is 57.9 Å². The first-order chi connectivity index (χ1) is 9.59. The highest BCUT2D eigenvalue weighted by Crippen LogP contribution is 2.26. The SMILES string of the molecule is C=C[Si](C)(N1CCCCCC1=O)N1CCCCCC1=O. The van der Waals surface area contributed by atoms with Crippen molar-refractivity contribution in [3.8, 4) is 0 Å². The first-order valence-corrected chi connectivity index (χ1v) is 10.3. The van der Waals surface area contributed by atoms with Gasteiger partial charge in [0.05, 0.1) is 0 Å². The van der Waals surface area contributed by atoms with E-state index in [0.717, 1.165) is 51.6 Å². The molecule has 0 aromatic rings. The maximum Gasteiger partial charge on any atom is 0.290 e. The molecule has 0 aromatic heterocycles. The summed E-state index contributed by atoms with van der Waals surface area (Å²) in [6.45, 7) is 7.67. The molecule has 2 amide bonds. The van der Waals surface area contributed by atoms with Crippen molar-refractivity contribution >= 4 is 20.2 Å². The summed E-state index contributed by atoms with van der Waals surface area (Å²) >= 11 is 0. The van der Waals surface area contributed by atoms with Crippen LogP contribution in [-0.4, -0.2) is 42.4 Å². The maximum absolute atomic E-state index is 12.4. The van der Waals surface area contributed by atoms with E-state index in [1.165, 1.54) is 0 Å². The van der Waals surface area contributed by atoms with E-state index in [9.17, 15) is 9.59 Å². The normalized spacial score (nSPS) is 22.4. The fourth-order valence-electron chi connectivity index (χ4n) is 3.29. The molecular formula is C15H26N2O2Si. The lowest BCUT2D eigenvalue weighted by Crippen LogP contribution is -2.66. The third-order valence-corrected chi connectivity index (χ3v) is 8.53. The van der Waals surface area contributed by atoms with Crippen LogP contribution in [0.4, 0.5) is 0 Å². The summed E-state index contributed by atoms with van der Waals surface area (Å²) in [7, 11) is -2.38. The average Bonchev–Trinajstić information content (AvgIpc) is 2.78. The Balaban J connectivity index is 2.27. The molecular weight excluding hydrogens is 268 g/mol. The topological polar surface area (TPSA) is 40.6 Å². The molecule has 0 N–H and O–H groups in total. The summed E-state index contributed by atoms with van der Waals surface area (Å²) < 4.78 is 4.02. The Bertz CT molecular complexity index is 367. The Hall–Kier alpha value is -1.10. The van der Waals surface area contributed by atoms with E-state index in [2.05, 4.69) is 13.1 Å². The molecule has 0 radical (unpaired) electrons. The summed E-state index contributed by atoms with van der Waals surface area (Å²) in [4.78, 5) is 24.9. The largest absolute Gasteiger partial charge is 0.348 e. The Kier molecular flexibility index (Phi) is 5.02. The van der Waals surface area contributed by atoms with Crippen LogP contribution >= 0.6 is 0 Å². The van der Waals surface area contributed by atoms with Crippen molar-refractivity contribution in [3.63, 3.8) is 0 Å². The molecule has 2 heterocycles. The zero-order valence-electron chi connectivity index (χ0n) is 12.6. The summed E-state index contributed by atoms with van der Waals surface area (Å²) in [5, 5.41) is 0. The molecule has 2 fully saturated rings. The number of nitrogens with zero attached hydrogens (tertiary/aromatic N) is 2. The van der Waals surface area contributed by atoms with E-state index in [1.807, 2.05) is 14.8 Å². The van der Waals surface area contributed by atoms with Crippen molar-refractivity contribution in [2.24, 2.45) is 0 Å². The number of rotatable bonds is 3. The van der Waals surface area contributed by atoms with Crippen LogP contribution in [-0.2, 0) is 9.59 Å². The van der Waals surface area contributed by atoms with Crippen LogP contribution in [0.15, 0.2) is 12.3 Å². The van der Waals surface area contributed by atoms with Crippen molar-refractivity contribution in [2.75, 3.05) is 13.1 Å². The molecule has 20 heavy (non-hydrogen) atoms. The Morgan fingerprint density at radius 3 is 1.75 bits per heavy atom. The van der Waals surface area contributed by atoms with Crippen molar-refractivity contribution in [3.05, 3.63) is 12.3 Å². The first kappa shape index (κ1) is 15.3. The standard InChI is InChI=1S/C15H26N2O2Si/c1-3-20(2,16-12-8-4-6-10-14(16)18)17-13-9-5-7-11-15(17)19/h3H,1,4-13H2,2H3. The van der Waals surface area contributed by atoms with Gasteiger partial charge in [0.1, 0.15) is 0 Å². The molecule has 0 spiro atoms. The highest BCUT2D eigenvalue weighted by Gasteiger charge is 2.44. The van der Waals surface area contributed by atoms with Gasteiger partial charge in [-0.2, -0.15) is 0 Å². The minimum Gasteiger partial charge on any atom is -0.348 e. The van der Waals surface area contributed by atoms with E-state index in [1.54, 1.807) is 0 Å². The molecule has 4 nitrogen and oxygen atoms in total. The van der Waals surface area contributed by atoms with Gasteiger partial charge in [0.25, 0.3) is 8.40 Å². The highest BCUT2D eigenvalue weighted by atomic mass is 28.3. The van der Waals surface area contributed by atoms with E-state index >= 15 is 0 Å². The fourth-order valence-corrected chi connectivity index (χ4v) is 6.48. The molecule has 2 rings (SSSR count).